The van der Waals surface area contributed by atoms with Crippen molar-refractivity contribution in [3.8, 4) is 0 Å². The molecule has 30 heteroatoms. The second kappa shape index (κ2) is 30.3. The number of halogens is 2. The quantitative estimate of drug-likeness (QED) is 0.0163. The molecule has 0 saturated carbocycles. The van der Waals surface area contributed by atoms with E-state index in [1.807, 2.05) is 36.2 Å². The van der Waals surface area contributed by atoms with E-state index in [9.17, 15) is 37.3 Å². The van der Waals surface area contributed by atoms with Crippen molar-refractivity contribution in [2.75, 3.05) is 64.7 Å². The van der Waals surface area contributed by atoms with Gasteiger partial charge in [0.2, 0.25) is 5.95 Å². The van der Waals surface area contributed by atoms with Crippen molar-refractivity contribution in [1.29, 1.82) is 0 Å². The number of alkyl halides is 2. The molecular weight excluding hydrogens is 1030 g/mol. The first-order valence-corrected chi connectivity index (χ1v) is 23.8. The molecule has 0 fully saturated rings. The predicted molar refractivity (Wildman–Crippen MR) is 265 cm³/mol. The molecule has 24 nitrogen and oxygen atoms in total. The number of nitrogens with zero attached hydrogens (tertiary/aromatic N) is 8. The zero-order valence-electron chi connectivity index (χ0n) is 37.6. The molecule has 0 bridgehead atoms. The Morgan fingerprint density at radius 1 is 0.900 bits per heavy atom. The third-order valence-corrected chi connectivity index (χ3v) is 11.0. The van der Waals surface area contributed by atoms with E-state index >= 15 is 0 Å². The van der Waals surface area contributed by atoms with Gasteiger partial charge in [-0.3, -0.25) is 14.4 Å². The van der Waals surface area contributed by atoms with E-state index in [0.29, 0.717) is 46.2 Å². The number of fused-ring (bicyclic) bond motifs is 2. The normalized spacial score (nSPS) is 11.5. The van der Waals surface area contributed by atoms with Crippen molar-refractivity contribution in [2.24, 2.45) is 5.73 Å². The first-order chi connectivity index (χ1) is 32.7. The Hall–Kier alpha value is -5.49. The van der Waals surface area contributed by atoms with Gasteiger partial charge in [-0.2, -0.15) is 22.6 Å². The molecule has 1 amide bonds. The van der Waals surface area contributed by atoms with Crippen LogP contribution in [0, 0.1) is 4.64 Å². The summed E-state index contributed by atoms with van der Waals surface area (Å²) in [5.41, 5.74) is 22.6. The maximum absolute atomic E-state index is 12.4. The smallest absolute Gasteiger partial charge is 0.748 e. The largest absolute Gasteiger partial charge is 1.00 e. The number of rotatable bonds is 19. The Morgan fingerprint density at radius 2 is 1.51 bits per heavy atom. The third kappa shape index (κ3) is 20.8. The third-order valence-electron chi connectivity index (χ3n) is 9.08. The second-order valence-electron chi connectivity index (χ2n) is 14.2. The summed E-state index contributed by atoms with van der Waals surface area (Å²) in [4.78, 5) is 79.0. The second-order valence-corrected chi connectivity index (χ2v) is 17.3. The Kier molecular flexibility index (Phi) is 26.2. The summed E-state index contributed by atoms with van der Waals surface area (Å²) in [5.74, 6) is -3.11. The van der Waals surface area contributed by atoms with Crippen LogP contribution in [-0.2, 0) is 37.5 Å². The molecular formula is C40H49Cl2N14NaO10S3. The van der Waals surface area contributed by atoms with E-state index in [0.717, 1.165) is 41.2 Å². The zero-order valence-corrected chi connectivity index (χ0v) is 43.6. The van der Waals surface area contributed by atoms with Crippen LogP contribution in [0.5, 0.6) is 0 Å². The van der Waals surface area contributed by atoms with Gasteiger partial charge in [-0.1, -0.05) is 24.4 Å². The van der Waals surface area contributed by atoms with Crippen LogP contribution in [0.4, 0.5) is 23.1 Å². The van der Waals surface area contributed by atoms with Crippen LogP contribution in [0.3, 0.4) is 0 Å². The maximum Gasteiger partial charge on any atom is 1.00 e. The number of amides is 1. The van der Waals surface area contributed by atoms with E-state index < -0.39 is 46.0 Å². The topological polar surface area (TPSA) is 392 Å². The van der Waals surface area contributed by atoms with Crippen LogP contribution >= 0.6 is 48.0 Å². The summed E-state index contributed by atoms with van der Waals surface area (Å²) in [6.07, 6.45) is 4.40. The number of H-pyrrole nitrogens is 2. The maximum atomic E-state index is 12.4. The van der Waals surface area contributed by atoms with Gasteiger partial charge < -0.3 is 62.2 Å². The number of nitrogen functional groups attached to an aromatic ring is 2. The van der Waals surface area contributed by atoms with Gasteiger partial charge >= 0.3 is 47.5 Å². The number of benzene rings is 2. The number of carboxylic acid groups (broad SMARTS) is 3. The van der Waals surface area contributed by atoms with Gasteiger partial charge in [-0.05, 0) is 54.8 Å². The van der Waals surface area contributed by atoms with Crippen molar-refractivity contribution in [2.45, 2.75) is 37.9 Å². The number of aromatic amines is 2. The number of anilines is 4. The number of carboxylic acids is 3. The molecule has 0 spiro atoms. The van der Waals surface area contributed by atoms with Gasteiger partial charge in [-0.25, -0.2) is 33.1 Å². The molecule has 4 aromatic heterocycles. The fourth-order valence-corrected chi connectivity index (χ4v) is 7.19. The first-order valence-electron chi connectivity index (χ1n) is 20.1. The summed E-state index contributed by atoms with van der Waals surface area (Å²) in [6.45, 7) is 1.82. The number of imidazole rings is 1. The number of nitrogens with two attached hydrogens (primary N) is 3. The molecule has 70 heavy (non-hydrogen) atoms. The molecule has 0 saturated heterocycles. The number of carbonyl (C=O) groups is 4. The molecule has 6 aromatic rings. The van der Waals surface area contributed by atoms with Crippen LogP contribution in [0.1, 0.15) is 34.5 Å². The van der Waals surface area contributed by atoms with Crippen LogP contribution in [-0.4, -0.2) is 147 Å². The van der Waals surface area contributed by atoms with E-state index in [1.54, 1.807) is 24.7 Å². The first kappa shape index (κ1) is 60.6. The average Bonchev–Trinajstić information content (AvgIpc) is 3.79. The molecule has 12 N–H and O–H groups in total. The van der Waals surface area contributed by atoms with E-state index in [4.69, 9.17) is 62.8 Å². The Morgan fingerprint density at radius 3 is 2.04 bits per heavy atom. The van der Waals surface area contributed by atoms with Crippen molar-refractivity contribution in [3.63, 3.8) is 0 Å². The molecule has 2 atom stereocenters. The van der Waals surface area contributed by atoms with Gasteiger partial charge in [0.05, 0.1) is 41.2 Å². The molecule has 4 heterocycles. The zero-order chi connectivity index (χ0) is 51.3. The summed E-state index contributed by atoms with van der Waals surface area (Å²) >= 11 is 19.9. The van der Waals surface area contributed by atoms with Crippen LogP contribution in [0.15, 0.2) is 67.4 Å². The van der Waals surface area contributed by atoms with Gasteiger partial charge in [0, 0.05) is 66.8 Å². The molecule has 372 valence electrons. The number of thiol groups is 1. The van der Waals surface area contributed by atoms with Gasteiger partial charge in [0.25, 0.3) is 5.91 Å². The van der Waals surface area contributed by atoms with Crippen LogP contribution in [0.2, 0.25) is 0 Å². The molecule has 0 unspecified atom stereocenters. The monoisotopic (exact) mass is 1070 g/mol. The summed E-state index contributed by atoms with van der Waals surface area (Å²) in [5, 5.41) is 29.0. The number of hydrogen-bond donors (Lipinski definition) is 10. The van der Waals surface area contributed by atoms with Crippen molar-refractivity contribution < 1.29 is 77.0 Å². The number of hydrogen-bond acceptors (Lipinski definition) is 20. The molecule has 2 aromatic carbocycles. The molecule has 0 aliphatic rings. The Labute approximate surface area is 443 Å². The standard InChI is InChI=1S/C20H22N8O5.C13H18Cl2N2O2.C5H4N4S.C2H6O3S2.Na/c1-28(9-11-8-23-17-15(24-11)16(21)26-20(22)27-17)12-4-2-10(3-5-12)18(31)25-13(19(32)33)6-7-14(29)30;14-5-7-17(8-6-15)11-3-1-10(2-4-11)9-12(16)13(18)19;10-5-3-4(7-1-6-3)8-2-9-5;3-7(4,5)2-1-6;/h2-5,8,13H,6-7,9H2,1H3,(H,25,31)(H,29,30)(H,32,33)(H4,21,22,23,26,27);1-4,12H,5-9,16H2,(H,18,19);1-2H,(H2,6,7,8,9,10);6H,1-2H2,(H,3,4,5);/q;;;;+1/p-1/t13-;12-;;;/m00.../s1. The van der Waals surface area contributed by atoms with Gasteiger partial charge in [0.1, 0.15) is 17.6 Å². The number of aromatic nitrogens is 8. The van der Waals surface area contributed by atoms with Gasteiger partial charge in [0.15, 0.2) is 27.3 Å². The fourth-order valence-electron chi connectivity index (χ4n) is 5.68. The van der Waals surface area contributed by atoms with Crippen molar-refractivity contribution in [3.05, 3.63) is 88.8 Å². The summed E-state index contributed by atoms with van der Waals surface area (Å²) in [7, 11) is -2.18. The minimum Gasteiger partial charge on any atom is -0.748 e. The molecule has 0 radical (unpaired) electrons. The van der Waals surface area contributed by atoms with Crippen LogP contribution < -0.4 is 61.9 Å². The van der Waals surface area contributed by atoms with E-state index in [2.05, 4.69) is 62.7 Å². The SMILES string of the molecule is CN(Cc1cnc2nc(N)nc(N)c2n1)c1ccc(C(=O)N[C@@H](CCC(=O)O)C(=O)O)cc1.N[C@@H](Cc1ccc(N(CCCl)CCCl)cc1)C(=O)O.O=S(=O)([O-])CCS.S=c1nc[nH]c2nc[nH]c12.[Na+]. The van der Waals surface area contributed by atoms with E-state index in [-0.39, 0.29) is 71.2 Å². The Bertz CT molecular complexity index is 2810. The Balaban J connectivity index is 0.000000378. The molecule has 0 aliphatic carbocycles. The minimum absolute atomic E-state index is 0. The summed E-state index contributed by atoms with van der Waals surface area (Å²) in [6, 6.07) is 11.9. The van der Waals surface area contributed by atoms with Gasteiger partial charge in [-0.15, -0.1) is 23.2 Å². The van der Waals surface area contributed by atoms with E-state index in [1.165, 1.54) is 18.5 Å². The number of nitrogens with one attached hydrogen (secondary N) is 3. The fraction of sp³-hybridized carbons (Fsp3) is 0.325. The minimum atomic E-state index is -4.00. The molecule has 6 rings (SSSR count). The van der Waals surface area contributed by atoms with Crippen molar-refractivity contribution >= 4 is 127 Å². The number of carbonyl (C=O) groups excluding carboxylic acids is 1. The summed E-state index contributed by atoms with van der Waals surface area (Å²) < 4.78 is 29.4. The average molecular weight is 1080 g/mol. The molecule has 0 aliphatic heterocycles. The number of aliphatic carboxylic acids is 3. The van der Waals surface area contributed by atoms with Crippen molar-refractivity contribution in [1.82, 2.24) is 45.2 Å². The predicted octanol–water partition coefficient (Wildman–Crippen LogP) is -0.326. The van der Waals surface area contributed by atoms with Crippen LogP contribution in [0.25, 0.3) is 22.3 Å².